The molecule has 0 N–H and O–H groups in total. The lowest BCUT2D eigenvalue weighted by molar-refractivity contribution is 0.212. The standard InChI is InChI=1S/C29H24ClNO2.C24H20ClFN2O3.C23H19ClFNO2.C22H18BrNO2.C3H7NO/c1-20-6-8-21(9-7-20)18-32-25-16-14-23(15-17-25)22-10-12-24(13-11-22)28-19-33-29(31-28)26-4-2-3-5-27(26)30;1-29-27-13-14-30-19-11-9-17(10-12-19)16-5-7-18(8-6-16)22-15-31-24(28-22)23-20(25)3-2-4-21(23)26;1-2-27-18-12-10-16(11-13-18)15-6-8-17(9-7-15)21-14-28-23(26-21)22-19(24)4-3-5-20(22)25;1-25-18-12-10-16(11-13-18)15-6-8-17(9-7-15)21-14-26-22(24-21)19-4-2-3-5-20(19)23;1-3-4-5-2/h2-17,28H,18-19H2,1H3;2-13,22H,14-15H2,1H3;3-13,21H,2,14H2,1H3;2-13,21H,14H2,1H3;3H,1-2H3. The van der Waals surface area contributed by atoms with Crippen LogP contribution in [0.3, 0.4) is 0 Å². The predicted octanol–water partition coefficient (Wildman–Crippen LogP) is 25.4. The van der Waals surface area contributed by atoms with E-state index in [9.17, 15) is 8.78 Å². The summed E-state index contributed by atoms with van der Waals surface area (Å²) in [5.41, 5.74) is 17.9. The fourth-order valence-electron chi connectivity index (χ4n) is 13.4. The minimum absolute atomic E-state index is 0.0251. The molecule has 4 atom stereocenters. The fourth-order valence-corrected chi connectivity index (χ4v) is 14.5. The lowest BCUT2D eigenvalue weighted by Crippen LogP contribution is -2.05. The van der Waals surface area contributed by atoms with E-state index in [1.807, 2.05) is 165 Å². The van der Waals surface area contributed by atoms with E-state index >= 15 is 0 Å². The highest BCUT2D eigenvalue weighted by Crippen LogP contribution is 2.37. The van der Waals surface area contributed by atoms with Crippen LogP contribution >= 0.6 is 50.7 Å². The van der Waals surface area contributed by atoms with Crippen molar-refractivity contribution in [1.29, 1.82) is 0 Å². The summed E-state index contributed by atoms with van der Waals surface area (Å²) >= 11 is 22.1. The van der Waals surface area contributed by atoms with E-state index < -0.39 is 11.6 Å². The van der Waals surface area contributed by atoms with Gasteiger partial charge >= 0.3 is 0 Å². The molecule has 13 aromatic rings. The largest absolute Gasteiger partial charge is 0.497 e. The summed E-state index contributed by atoms with van der Waals surface area (Å²) in [6.07, 6.45) is 3.13. The minimum Gasteiger partial charge on any atom is -0.497 e. The second-order valence-corrected chi connectivity index (χ2v) is 30.1. The van der Waals surface area contributed by atoms with Crippen molar-refractivity contribution >= 4 is 86.8 Å². The Balaban J connectivity index is 0.000000139. The Morgan fingerprint density at radius 2 is 0.724 bits per heavy atom. The van der Waals surface area contributed by atoms with E-state index in [0.717, 1.165) is 105 Å². The number of aryl methyl sites for hydroxylation is 1. The van der Waals surface area contributed by atoms with E-state index in [4.69, 9.17) is 82.7 Å². The molecule has 4 aliphatic heterocycles. The molecule has 22 heteroatoms. The van der Waals surface area contributed by atoms with Crippen molar-refractivity contribution in [1.82, 2.24) is 0 Å². The van der Waals surface area contributed by atoms with Gasteiger partial charge in [-0.2, -0.15) is 0 Å². The zero-order valence-corrected chi connectivity index (χ0v) is 72.2. The number of benzene rings is 13. The Morgan fingerprint density at radius 3 is 1.09 bits per heavy atom. The third-order valence-corrected chi connectivity index (χ3v) is 21.5. The molecule has 0 aromatic heterocycles. The fraction of sp³-hybridized carbons (Fsp3) is 0.168. The third-order valence-electron chi connectivity index (χ3n) is 19.9. The Kier molecular flexibility index (Phi) is 31.5. The maximum absolute atomic E-state index is 14.1. The lowest BCUT2D eigenvalue weighted by Gasteiger charge is -2.09. The lowest BCUT2D eigenvalue weighted by atomic mass is 10.0. The molecule has 0 fully saturated rings. The highest BCUT2D eigenvalue weighted by molar-refractivity contribution is 9.10. The number of ether oxygens (including phenoxy) is 8. The monoisotopic (exact) mass is 1770 g/mol. The van der Waals surface area contributed by atoms with Crippen molar-refractivity contribution in [3.8, 4) is 67.5 Å². The highest BCUT2D eigenvalue weighted by atomic mass is 79.9. The molecule has 13 aromatic carbocycles. The molecule has 624 valence electrons. The molecule has 4 aliphatic rings. The van der Waals surface area contributed by atoms with Crippen LogP contribution in [0.15, 0.2) is 338 Å². The van der Waals surface area contributed by atoms with Crippen molar-refractivity contribution in [2.75, 3.05) is 61.0 Å². The first-order valence-electron chi connectivity index (χ1n) is 39.7. The third kappa shape index (κ3) is 23.8. The summed E-state index contributed by atoms with van der Waals surface area (Å²) in [6.45, 7) is 9.20. The molecule has 123 heavy (non-hydrogen) atoms. The summed E-state index contributed by atoms with van der Waals surface area (Å²) in [7, 11) is 4.68. The van der Waals surface area contributed by atoms with Crippen LogP contribution in [0.25, 0.3) is 44.5 Å². The van der Waals surface area contributed by atoms with Crippen molar-refractivity contribution in [2.24, 2.45) is 30.3 Å². The zero-order chi connectivity index (χ0) is 85.8. The normalized spacial score (nSPS) is 15.3. The number of halogens is 6. The van der Waals surface area contributed by atoms with Gasteiger partial charge in [-0.05, 0) is 206 Å². The Bertz CT molecular complexity index is 5790. The van der Waals surface area contributed by atoms with Crippen molar-refractivity contribution in [2.45, 2.75) is 51.5 Å². The van der Waals surface area contributed by atoms with Gasteiger partial charge in [0.15, 0.2) is 0 Å². The summed E-state index contributed by atoms with van der Waals surface area (Å²) in [4.78, 5) is 27.4. The average Bonchev–Trinajstić information content (AvgIpc) is 1.61. The molecule has 0 spiro atoms. The van der Waals surface area contributed by atoms with Gasteiger partial charge in [0.1, 0.15) is 113 Å². The first-order chi connectivity index (χ1) is 60.1. The molecule has 16 nitrogen and oxygen atoms in total. The average molecular weight is 1770 g/mol. The molecule has 0 bridgehead atoms. The van der Waals surface area contributed by atoms with Gasteiger partial charge in [-0.3, -0.25) is 0 Å². The van der Waals surface area contributed by atoms with Gasteiger partial charge in [-0.15, -0.1) is 5.16 Å². The van der Waals surface area contributed by atoms with Crippen LogP contribution in [0.5, 0.6) is 23.0 Å². The Hall–Kier alpha value is -12.9. The van der Waals surface area contributed by atoms with Gasteiger partial charge in [-0.1, -0.05) is 252 Å². The number of aliphatic imine (C=N–C) groups is 4. The van der Waals surface area contributed by atoms with Crippen LogP contribution < -0.4 is 18.9 Å². The number of rotatable bonds is 23. The molecule has 0 saturated heterocycles. The van der Waals surface area contributed by atoms with Crippen LogP contribution in [-0.4, -0.2) is 97.0 Å². The first-order valence-corrected chi connectivity index (χ1v) is 41.6. The van der Waals surface area contributed by atoms with Crippen LogP contribution in [-0.2, 0) is 35.2 Å². The number of oxime groups is 2. The van der Waals surface area contributed by atoms with E-state index in [-0.39, 0.29) is 52.1 Å². The topological polar surface area (TPSA) is 166 Å². The maximum atomic E-state index is 14.1. The van der Waals surface area contributed by atoms with E-state index in [0.29, 0.717) is 68.1 Å². The van der Waals surface area contributed by atoms with Crippen LogP contribution in [0.1, 0.15) is 93.6 Å². The summed E-state index contributed by atoms with van der Waals surface area (Å²) < 4.78 is 74.3. The molecule has 4 heterocycles. The van der Waals surface area contributed by atoms with Crippen LogP contribution in [0.4, 0.5) is 8.78 Å². The summed E-state index contributed by atoms with van der Waals surface area (Å²) in [5.74, 6) is 4.25. The van der Waals surface area contributed by atoms with E-state index in [2.05, 4.69) is 162 Å². The molecule has 0 amide bonds. The molecule has 0 aliphatic carbocycles. The quantitative estimate of drug-likeness (QED) is 0.0444. The summed E-state index contributed by atoms with van der Waals surface area (Å²) in [6, 6.07) is 98.0. The van der Waals surface area contributed by atoms with Crippen molar-refractivity contribution in [3.05, 3.63) is 390 Å². The number of hydrogen-bond donors (Lipinski definition) is 0. The van der Waals surface area contributed by atoms with E-state index in [1.54, 1.807) is 50.7 Å². The smallest absolute Gasteiger partial charge is 0.221 e. The number of nitrogens with zero attached hydrogens (tertiary/aromatic N) is 6. The zero-order valence-electron chi connectivity index (χ0n) is 68.3. The molecule has 4 unspecified atom stereocenters. The Morgan fingerprint density at radius 1 is 0.382 bits per heavy atom. The molecular weight excluding hydrogens is 1680 g/mol. The van der Waals surface area contributed by atoms with Crippen molar-refractivity contribution in [3.63, 3.8) is 0 Å². The van der Waals surface area contributed by atoms with Gasteiger partial charge in [0.25, 0.3) is 0 Å². The Labute approximate surface area is 738 Å². The SMILES string of the molecule is CC=NOC.CCOc1ccc(-c2ccc(C3COC(c4c(F)cccc4Cl)=N3)cc2)cc1.CON=CCOc1ccc(-c2ccc(C3COC(c4c(F)cccc4Cl)=N3)cc2)cc1.COc1ccc(-c2ccc(C3COC(c4ccccc4Br)=N3)cc2)cc1.Cc1ccc(COc2ccc(-c3ccc(C4COC(c5ccccc5Cl)=N4)cc3)cc2)cc1. The van der Waals surface area contributed by atoms with Gasteiger partial charge in [0.2, 0.25) is 23.6 Å². The van der Waals surface area contributed by atoms with Gasteiger partial charge in [0, 0.05) is 10.7 Å². The van der Waals surface area contributed by atoms with Gasteiger partial charge < -0.3 is 47.6 Å². The van der Waals surface area contributed by atoms with Gasteiger partial charge in [-0.25, -0.2) is 28.8 Å². The molecule has 17 rings (SSSR count). The minimum atomic E-state index is -0.444. The van der Waals surface area contributed by atoms with Crippen molar-refractivity contribution < 1.29 is 56.4 Å². The highest BCUT2D eigenvalue weighted by Gasteiger charge is 2.29. The first kappa shape index (κ1) is 87.9. The van der Waals surface area contributed by atoms with Crippen LogP contribution in [0, 0.1) is 18.6 Å². The molecule has 0 saturated carbocycles. The number of methoxy groups -OCH3 is 1. The number of hydrogen-bond acceptors (Lipinski definition) is 16. The van der Waals surface area contributed by atoms with Gasteiger partial charge in [0.05, 0.1) is 57.3 Å². The summed E-state index contributed by atoms with van der Waals surface area (Å²) in [5, 5.41) is 8.21. The van der Waals surface area contributed by atoms with E-state index in [1.165, 1.54) is 37.5 Å². The second kappa shape index (κ2) is 44.1. The predicted molar refractivity (Wildman–Crippen MR) is 492 cm³/mol. The second-order valence-electron chi connectivity index (χ2n) is 28.0. The van der Waals surface area contributed by atoms with Crippen LogP contribution in [0.2, 0.25) is 15.1 Å². The molecule has 0 radical (unpaired) electrons. The molecular formula is C101H88BrCl3F2N6O10. The maximum Gasteiger partial charge on any atom is 0.221 e.